The molecule has 0 bridgehead atoms. The van der Waals surface area contributed by atoms with Crippen LogP contribution in [0.1, 0.15) is 36.3 Å². The zero-order valence-corrected chi connectivity index (χ0v) is 21.4. The fourth-order valence-electron chi connectivity index (χ4n) is 4.58. The first-order chi connectivity index (χ1) is 16.4. The summed E-state index contributed by atoms with van der Waals surface area (Å²) in [5, 5.41) is 5.21. The van der Waals surface area contributed by atoms with Crippen LogP contribution in [-0.4, -0.2) is 61.4 Å². The molecule has 6 nitrogen and oxygen atoms in total. The zero-order chi connectivity index (χ0) is 24.1. The number of benzene rings is 2. The molecule has 0 radical (unpaired) electrons. The summed E-state index contributed by atoms with van der Waals surface area (Å²) >= 11 is 5.93. The molecule has 2 heterocycles. The lowest BCUT2D eigenvalue weighted by atomic mass is 10.1. The van der Waals surface area contributed by atoms with Crippen LogP contribution in [0, 0.1) is 13.8 Å². The van der Waals surface area contributed by atoms with E-state index in [0.717, 1.165) is 74.0 Å². The predicted octanol–water partition coefficient (Wildman–Crippen LogP) is 5.54. The quantitative estimate of drug-likeness (QED) is 0.424. The number of hydrogen-bond donors (Lipinski definition) is 1. The highest BCUT2D eigenvalue weighted by atomic mass is 32.1. The van der Waals surface area contributed by atoms with E-state index in [1.165, 1.54) is 11.1 Å². The van der Waals surface area contributed by atoms with Gasteiger partial charge in [-0.05, 0) is 74.8 Å². The van der Waals surface area contributed by atoms with Gasteiger partial charge in [-0.2, -0.15) is 0 Å². The summed E-state index contributed by atoms with van der Waals surface area (Å²) in [6.45, 7) is 11.8. The maximum absolute atomic E-state index is 6.29. The second-order valence-electron chi connectivity index (χ2n) is 9.01. The van der Waals surface area contributed by atoms with Crippen molar-refractivity contribution < 1.29 is 13.9 Å². The topological polar surface area (TPSA) is 50.1 Å². The Morgan fingerprint density at radius 1 is 1.15 bits per heavy atom. The van der Waals surface area contributed by atoms with E-state index in [4.69, 9.17) is 26.1 Å². The van der Waals surface area contributed by atoms with Gasteiger partial charge in [0.05, 0.1) is 26.4 Å². The first kappa shape index (κ1) is 24.5. The lowest BCUT2D eigenvalue weighted by molar-refractivity contribution is 0.0365. The van der Waals surface area contributed by atoms with E-state index in [2.05, 4.69) is 60.2 Å². The number of rotatable bonds is 8. The van der Waals surface area contributed by atoms with E-state index in [-0.39, 0.29) is 6.04 Å². The van der Waals surface area contributed by atoms with E-state index >= 15 is 0 Å². The van der Waals surface area contributed by atoms with Gasteiger partial charge >= 0.3 is 0 Å². The normalized spacial score (nSPS) is 15.3. The number of hydrogen-bond acceptors (Lipinski definition) is 5. The molecule has 1 unspecified atom stereocenters. The molecule has 2 aromatic carbocycles. The van der Waals surface area contributed by atoms with Crippen LogP contribution in [0.2, 0.25) is 0 Å². The molecule has 0 spiro atoms. The van der Waals surface area contributed by atoms with Crippen molar-refractivity contribution in [1.82, 2.24) is 9.80 Å². The molecular formula is C27H35N3O3S. The fourth-order valence-corrected chi connectivity index (χ4v) is 4.95. The molecule has 1 atom stereocenters. The molecule has 1 saturated heterocycles. The average molecular weight is 482 g/mol. The largest absolute Gasteiger partial charge is 0.493 e. The molecule has 4 rings (SSSR count). The summed E-state index contributed by atoms with van der Waals surface area (Å²) in [5.74, 6) is 1.61. The molecule has 0 aliphatic carbocycles. The highest BCUT2D eigenvalue weighted by molar-refractivity contribution is 7.80. The van der Waals surface area contributed by atoms with Gasteiger partial charge in [-0.1, -0.05) is 18.2 Å². The van der Waals surface area contributed by atoms with Crippen molar-refractivity contribution in [2.24, 2.45) is 0 Å². The van der Waals surface area contributed by atoms with E-state index in [9.17, 15) is 0 Å². The van der Waals surface area contributed by atoms with Crippen molar-refractivity contribution in [3.63, 3.8) is 0 Å². The maximum Gasteiger partial charge on any atom is 0.176 e. The molecule has 3 aromatic rings. The number of nitrogens with one attached hydrogen (secondary N) is 1. The molecule has 34 heavy (non-hydrogen) atoms. The summed E-state index contributed by atoms with van der Waals surface area (Å²) in [7, 11) is 1.67. The van der Waals surface area contributed by atoms with Gasteiger partial charge in [0.2, 0.25) is 0 Å². The van der Waals surface area contributed by atoms with Gasteiger partial charge in [0.25, 0.3) is 0 Å². The molecule has 1 aromatic heterocycles. The molecule has 7 heteroatoms. The van der Waals surface area contributed by atoms with Crippen LogP contribution >= 0.6 is 12.2 Å². The Morgan fingerprint density at radius 2 is 1.88 bits per heavy atom. The van der Waals surface area contributed by atoms with E-state index in [1.54, 1.807) is 7.11 Å². The number of aryl methyl sites for hydroxylation is 2. The first-order valence-electron chi connectivity index (χ1n) is 12.0. The van der Waals surface area contributed by atoms with E-state index in [1.807, 2.05) is 18.2 Å². The minimum Gasteiger partial charge on any atom is -0.493 e. The smallest absolute Gasteiger partial charge is 0.176 e. The van der Waals surface area contributed by atoms with E-state index < -0.39 is 0 Å². The van der Waals surface area contributed by atoms with Crippen molar-refractivity contribution in [1.29, 1.82) is 0 Å². The molecule has 1 fully saturated rings. The van der Waals surface area contributed by atoms with Gasteiger partial charge in [-0.15, -0.1) is 0 Å². The summed E-state index contributed by atoms with van der Waals surface area (Å²) in [6, 6.07) is 14.4. The fraction of sp³-hybridized carbons (Fsp3) is 0.444. The van der Waals surface area contributed by atoms with Crippen LogP contribution in [0.25, 0.3) is 11.0 Å². The number of morpholine rings is 1. The standard InChI is InChI=1S/C27H35N3O3S/c1-19-15-20(2)17-23(16-19)28-27(34)30(10-6-9-29-11-13-32-14-12-29)21(3)25-18-22-7-5-8-24(31-4)26(22)33-25/h5,7-8,15-18,21H,6,9-14H2,1-4H3,(H,28,34). The number of methoxy groups -OCH3 is 1. The van der Waals surface area contributed by atoms with Gasteiger partial charge in [0.15, 0.2) is 16.4 Å². The van der Waals surface area contributed by atoms with Crippen LogP contribution in [0.3, 0.4) is 0 Å². The average Bonchev–Trinajstić information content (AvgIpc) is 3.26. The zero-order valence-electron chi connectivity index (χ0n) is 20.6. The molecule has 1 aliphatic rings. The van der Waals surface area contributed by atoms with Crippen LogP contribution in [-0.2, 0) is 4.74 Å². The van der Waals surface area contributed by atoms with Crippen molar-refractivity contribution >= 4 is 34.0 Å². The molecule has 0 saturated carbocycles. The van der Waals surface area contributed by atoms with Crippen molar-refractivity contribution in [3.8, 4) is 5.75 Å². The third kappa shape index (κ3) is 5.90. The Morgan fingerprint density at radius 3 is 2.59 bits per heavy atom. The van der Waals surface area contributed by atoms with Crippen molar-refractivity contribution in [2.45, 2.75) is 33.2 Å². The molecule has 182 valence electrons. The number of anilines is 1. The summed E-state index contributed by atoms with van der Waals surface area (Å²) < 4.78 is 17.3. The van der Waals surface area contributed by atoms with E-state index in [0.29, 0.717) is 5.11 Å². The number of thiocarbonyl (C=S) groups is 1. The monoisotopic (exact) mass is 481 g/mol. The van der Waals surface area contributed by atoms with Crippen molar-refractivity contribution in [2.75, 3.05) is 51.8 Å². The Kier molecular flexibility index (Phi) is 8.08. The number of furan rings is 1. The van der Waals surface area contributed by atoms with Gasteiger partial charge in [-0.3, -0.25) is 4.90 Å². The molecule has 1 N–H and O–H groups in total. The van der Waals surface area contributed by atoms with Crippen LogP contribution in [0.15, 0.2) is 46.9 Å². The highest BCUT2D eigenvalue weighted by Gasteiger charge is 2.23. The SMILES string of the molecule is COc1cccc2cc(C(C)N(CCCN3CCOCC3)C(=S)Nc3cc(C)cc(C)c3)oc12. The lowest BCUT2D eigenvalue weighted by Crippen LogP contribution is -2.41. The van der Waals surface area contributed by atoms with Gasteiger partial charge in [0.1, 0.15) is 5.76 Å². The Labute approximate surface area is 207 Å². The minimum atomic E-state index is -0.0345. The second-order valence-corrected chi connectivity index (χ2v) is 9.40. The Balaban J connectivity index is 1.54. The van der Waals surface area contributed by atoms with Crippen LogP contribution < -0.4 is 10.1 Å². The number of para-hydroxylation sites is 1. The van der Waals surface area contributed by atoms with Gasteiger partial charge in [-0.25, -0.2) is 0 Å². The highest BCUT2D eigenvalue weighted by Crippen LogP contribution is 2.33. The first-order valence-corrected chi connectivity index (χ1v) is 12.4. The predicted molar refractivity (Wildman–Crippen MR) is 142 cm³/mol. The summed E-state index contributed by atoms with van der Waals surface area (Å²) in [4.78, 5) is 4.69. The van der Waals surface area contributed by atoms with Crippen molar-refractivity contribution in [3.05, 3.63) is 59.4 Å². The van der Waals surface area contributed by atoms with Gasteiger partial charge in [0, 0.05) is 37.3 Å². The number of nitrogens with zero attached hydrogens (tertiary/aromatic N) is 2. The van der Waals surface area contributed by atoms with Crippen LogP contribution in [0.5, 0.6) is 5.75 Å². The third-order valence-corrected chi connectivity index (χ3v) is 6.67. The summed E-state index contributed by atoms with van der Waals surface area (Å²) in [5.41, 5.74) is 4.20. The minimum absolute atomic E-state index is 0.0345. The Hall–Kier alpha value is -2.61. The molecule has 0 amide bonds. The summed E-state index contributed by atoms with van der Waals surface area (Å²) in [6.07, 6.45) is 1.00. The number of fused-ring (bicyclic) bond motifs is 1. The second kappa shape index (κ2) is 11.2. The van der Waals surface area contributed by atoms with Gasteiger partial charge < -0.3 is 24.1 Å². The molecule has 1 aliphatic heterocycles. The Bertz CT molecular complexity index is 1100. The maximum atomic E-state index is 6.29. The number of ether oxygens (including phenoxy) is 2. The third-order valence-electron chi connectivity index (χ3n) is 6.34. The lowest BCUT2D eigenvalue weighted by Gasteiger charge is -2.32. The van der Waals surface area contributed by atoms with Crippen LogP contribution in [0.4, 0.5) is 5.69 Å². The molecular weight excluding hydrogens is 446 g/mol.